The van der Waals surface area contributed by atoms with Crippen molar-refractivity contribution in [2.45, 2.75) is 13.2 Å². The van der Waals surface area contributed by atoms with Crippen LogP contribution in [0.5, 0.6) is 17.2 Å². The number of rotatable bonds is 6. The molecule has 1 aliphatic rings. The number of ether oxygens (including phenoxy) is 3. The fraction of sp³-hybridized carbons (Fsp3) is 0.154. The smallest absolute Gasteiger partial charge is 0.163 e. The Morgan fingerprint density at radius 3 is 2.52 bits per heavy atom. The first-order valence-corrected chi connectivity index (χ1v) is 10.3. The lowest BCUT2D eigenvalue weighted by molar-refractivity contribution is 0.171. The number of hydrogen-bond acceptors (Lipinski definition) is 4. The van der Waals surface area contributed by atoms with Crippen molar-refractivity contribution in [1.29, 1.82) is 0 Å². The first-order valence-electron chi connectivity index (χ1n) is 10.3. The Morgan fingerprint density at radius 2 is 1.65 bits per heavy atom. The predicted octanol–water partition coefficient (Wildman–Crippen LogP) is 5.94. The second kappa shape index (κ2) is 8.56. The average molecular weight is 415 g/mol. The first-order chi connectivity index (χ1) is 15.3. The van der Waals surface area contributed by atoms with Gasteiger partial charge in [-0.25, -0.2) is 4.39 Å². The summed E-state index contributed by atoms with van der Waals surface area (Å²) in [7, 11) is 0. The molecule has 156 valence electrons. The van der Waals surface area contributed by atoms with Crippen LogP contribution in [0.2, 0.25) is 0 Å². The second-order valence-corrected chi connectivity index (χ2v) is 7.39. The molecule has 1 N–H and O–H groups in total. The standard InChI is InChI=1S/C26H22FNO3/c27-20-8-5-18(6-9-20)17-31-24-11-7-19-3-1-2-4-22(19)23(24)16-28-21-10-12-25-26(15-21)30-14-13-29-25/h1-12,15,28H,13-14,16-17H2. The molecule has 0 saturated heterocycles. The van der Waals surface area contributed by atoms with E-state index in [9.17, 15) is 4.39 Å². The van der Waals surface area contributed by atoms with Crippen molar-refractivity contribution in [3.63, 3.8) is 0 Å². The maximum Gasteiger partial charge on any atom is 0.163 e. The molecule has 0 amide bonds. The van der Waals surface area contributed by atoms with Crippen molar-refractivity contribution in [3.8, 4) is 17.2 Å². The van der Waals surface area contributed by atoms with E-state index in [1.807, 2.05) is 36.4 Å². The minimum atomic E-state index is -0.251. The molecule has 5 heteroatoms. The van der Waals surface area contributed by atoms with Crippen molar-refractivity contribution in [2.75, 3.05) is 18.5 Å². The lowest BCUT2D eigenvalue weighted by Crippen LogP contribution is -2.15. The minimum absolute atomic E-state index is 0.251. The Hall–Kier alpha value is -3.73. The molecule has 0 unspecified atom stereocenters. The third kappa shape index (κ3) is 4.26. The van der Waals surface area contributed by atoms with Crippen molar-refractivity contribution < 1.29 is 18.6 Å². The first kappa shape index (κ1) is 19.2. The van der Waals surface area contributed by atoms with E-state index in [4.69, 9.17) is 14.2 Å². The van der Waals surface area contributed by atoms with Crippen LogP contribution in [0.1, 0.15) is 11.1 Å². The summed E-state index contributed by atoms with van der Waals surface area (Å²) in [6, 6.07) is 24.5. The molecule has 0 spiro atoms. The van der Waals surface area contributed by atoms with E-state index in [1.54, 1.807) is 12.1 Å². The number of anilines is 1. The highest BCUT2D eigenvalue weighted by Crippen LogP contribution is 2.34. The van der Waals surface area contributed by atoms with Crippen molar-refractivity contribution in [3.05, 3.63) is 95.8 Å². The maximum absolute atomic E-state index is 13.2. The zero-order valence-electron chi connectivity index (χ0n) is 16.9. The summed E-state index contributed by atoms with van der Waals surface area (Å²) >= 11 is 0. The topological polar surface area (TPSA) is 39.7 Å². The third-order valence-electron chi connectivity index (χ3n) is 5.32. The lowest BCUT2D eigenvalue weighted by atomic mass is 10.0. The van der Waals surface area contributed by atoms with Gasteiger partial charge in [-0.2, -0.15) is 0 Å². The SMILES string of the molecule is Fc1ccc(COc2ccc3ccccc3c2CNc2ccc3c(c2)OCCO3)cc1. The van der Waals surface area contributed by atoms with Gasteiger partial charge in [-0.3, -0.25) is 0 Å². The molecule has 31 heavy (non-hydrogen) atoms. The molecule has 0 fully saturated rings. The van der Waals surface area contributed by atoms with E-state index in [2.05, 4.69) is 23.5 Å². The summed E-state index contributed by atoms with van der Waals surface area (Å²) in [6.45, 7) is 2.08. The van der Waals surface area contributed by atoms with E-state index < -0.39 is 0 Å². The molecule has 4 aromatic carbocycles. The third-order valence-corrected chi connectivity index (χ3v) is 5.32. The molecular weight excluding hydrogens is 393 g/mol. The highest BCUT2D eigenvalue weighted by molar-refractivity contribution is 5.88. The van der Waals surface area contributed by atoms with Gasteiger partial charge < -0.3 is 19.5 Å². The molecule has 1 aliphatic heterocycles. The lowest BCUT2D eigenvalue weighted by Gasteiger charge is -2.20. The summed E-state index contributed by atoms with van der Waals surface area (Å²) < 4.78 is 30.6. The van der Waals surface area contributed by atoms with Crippen LogP contribution in [0.25, 0.3) is 10.8 Å². The summed E-state index contributed by atoms with van der Waals surface area (Å²) in [5.41, 5.74) is 2.93. The zero-order valence-corrected chi connectivity index (χ0v) is 16.9. The average Bonchev–Trinajstić information content (AvgIpc) is 2.82. The Morgan fingerprint density at radius 1 is 0.839 bits per heavy atom. The second-order valence-electron chi connectivity index (χ2n) is 7.39. The number of nitrogens with one attached hydrogen (secondary N) is 1. The van der Waals surface area contributed by atoms with Crippen LogP contribution in [0.3, 0.4) is 0 Å². The number of hydrogen-bond donors (Lipinski definition) is 1. The highest BCUT2D eigenvalue weighted by atomic mass is 19.1. The van der Waals surface area contributed by atoms with Gasteiger partial charge in [0.05, 0.1) is 0 Å². The van der Waals surface area contributed by atoms with E-state index in [0.717, 1.165) is 44.8 Å². The van der Waals surface area contributed by atoms with Gasteiger partial charge in [0.2, 0.25) is 0 Å². The van der Waals surface area contributed by atoms with E-state index in [-0.39, 0.29) is 5.82 Å². The van der Waals surface area contributed by atoms with Crippen molar-refractivity contribution >= 4 is 16.5 Å². The number of fused-ring (bicyclic) bond motifs is 2. The summed E-state index contributed by atoms with van der Waals surface area (Å²) in [6.07, 6.45) is 0. The van der Waals surface area contributed by atoms with Crippen LogP contribution in [0, 0.1) is 5.82 Å². The molecule has 0 radical (unpaired) electrons. The Balaban J connectivity index is 1.40. The van der Waals surface area contributed by atoms with Crippen molar-refractivity contribution in [1.82, 2.24) is 0 Å². The van der Waals surface area contributed by atoms with Gasteiger partial charge in [-0.1, -0.05) is 42.5 Å². The summed E-state index contributed by atoms with van der Waals surface area (Å²) in [5, 5.41) is 5.76. The normalized spacial score (nSPS) is 12.5. The molecule has 0 bridgehead atoms. The molecule has 1 heterocycles. The Kier molecular flexibility index (Phi) is 5.31. The monoisotopic (exact) mass is 415 g/mol. The van der Waals surface area contributed by atoms with Gasteiger partial charge in [-0.15, -0.1) is 0 Å². The number of halogens is 1. The van der Waals surface area contributed by atoms with Gasteiger partial charge in [0.25, 0.3) is 0 Å². The van der Waals surface area contributed by atoms with E-state index in [1.165, 1.54) is 12.1 Å². The molecule has 0 atom stereocenters. The predicted molar refractivity (Wildman–Crippen MR) is 119 cm³/mol. The summed E-state index contributed by atoms with van der Waals surface area (Å²) in [4.78, 5) is 0. The van der Waals surface area contributed by atoms with Crippen LogP contribution >= 0.6 is 0 Å². The molecule has 0 saturated carbocycles. The largest absolute Gasteiger partial charge is 0.489 e. The van der Waals surface area contributed by atoms with Crippen LogP contribution in [-0.4, -0.2) is 13.2 Å². The molecule has 5 rings (SSSR count). The molecule has 0 aromatic heterocycles. The molecular formula is C26H22FNO3. The molecule has 4 nitrogen and oxygen atoms in total. The van der Waals surface area contributed by atoms with Crippen LogP contribution < -0.4 is 19.5 Å². The van der Waals surface area contributed by atoms with Crippen molar-refractivity contribution in [2.24, 2.45) is 0 Å². The Labute approximate surface area is 180 Å². The van der Waals surface area contributed by atoms with Gasteiger partial charge in [0.15, 0.2) is 11.5 Å². The van der Waals surface area contributed by atoms with Gasteiger partial charge in [0.1, 0.15) is 31.4 Å². The Bertz CT molecular complexity index is 1210. The van der Waals surface area contributed by atoms with Gasteiger partial charge in [-0.05, 0) is 46.7 Å². The minimum Gasteiger partial charge on any atom is -0.489 e. The quantitative estimate of drug-likeness (QED) is 0.423. The van der Waals surface area contributed by atoms with E-state index >= 15 is 0 Å². The molecule has 0 aliphatic carbocycles. The highest BCUT2D eigenvalue weighted by Gasteiger charge is 2.13. The van der Waals surface area contributed by atoms with Crippen LogP contribution in [0.15, 0.2) is 78.9 Å². The van der Waals surface area contributed by atoms with Crippen LogP contribution in [0.4, 0.5) is 10.1 Å². The summed E-state index contributed by atoms with van der Waals surface area (Å²) in [5.74, 6) is 2.07. The zero-order chi connectivity index (χ0) is 21.0. The van der Waals surface area contributed by atoms with E-state index in [0.29, 0.717) is 26.4 Å². The van der Waals surface area contributed by atoms with Crippen LogP contribution in [-0.2, 0) is 13.2 Å². The number of benzene rings is 4. The van der Waals surface area contributed by atoms with Gasteiger partial charge in [0, 0.05) is 23.9 Å². The fourth-order valence-electron chi connectivity index (χ4n) is 3.72. The van der Waals surface area contributed by atoms with Gasteiger partial charge >= 0.3 is 0 Å². The maximum atomic E-state index is 13.2. The molecule has 4 aromatic rings. The fourth-order valence-corrected chi connectivity index (χ4v) is 3.72.